The molecule has 1 rings (SSSR count). The number of benzene rings is 1. The fraction of sp³-hybridized carbons (Fsp3) is 0.364. The van der Waals surface area contributed by atoms with Gasteiger partial charge in [-0.3, -0.25) is 0 Å². The number of rotatable bonds is 5. The lowest BCUT2D eigenvalue weighted by molar-refractivity contribution is 0.146. The topological polar surface area (TPSA) is 56.8 Å². The van der Waals surface area contributed by atoms with Gasteiger partial charge in [-0.25, -0.2) is 4.79 Å². The van der Waals surface area contributed by atoms with E-state index in [2.05, 4.69) is 5.32 Å². The minimum atomic E-state index is -0.493. The molecule has 0 fully saturated rings. The number of nitrogens with one attached hydrogen (secondary N) is 1. The predicted molar refractivity (Wildman–Crippen MR) is 58.9 cm³/mol. The standard InChI is InChI=1S/C11H15NO4/c1-12-11(13)16-10-5-3-9(4-6-10)15-8-7-14-2/h3-6H,7-8H2,1-2H3,(H,12,13). The molecule has 0 saturated carbocycles. The van der Waals surface area contributed by atoms with E-state index < -0.39 is 6.09 Å². The lowest BCUT2D eigenvalue weighted by Gasteiger charge is -2.06. The van der Waals surface area contributed by atoms with Crippen LogP contribution in [-0.4, -0.2) is 33.5 Å². The number of methoxy groups -OCH3 is 1. The van der Waals surface area contributed by atoms with Crippen molar-refractivity contribution in [1.82, 2.24) is 5.32 Å². The zero-order valence-electron chi connectivity index (χ0n) is 9.36. The number of hydrogen-bond donors (Lipinski definition) is 1. The molecule has 1 aromatic rings. The van der Waals surface area contributed by atoms with E-state index >= 15 is 0 Å². The van der Waals surface area contributed by atoms with Crippen LogP contribution in [0.1, 0.15) is 0 Å². The highest BCUT2D eigenvalue weighted by atomic mass is 16.6. The number of amides is 1. The highest BCUT2D eigenvalue weighted by Gasteiger charge is 2.01. The van der Waals surface area contributed by atoms with Crippen molar-refractivity contribution in [1.29, 1.82) is 0 Å². The Bertz CT molecular complexity index is 323. The maximum atomic E-state index is 10.9. The van der Waals surface area contributed by atoms with Crippen molar-refractivity contribution in [2.75, 3.05) is 27.4 Å². The van der Waals surface area contributed by atoms with Crippen molar-refractivity contribution in [2.45, 2.75) is 0 Å². The molecule has 0 aliphatic carbocycles. The van der Waals surface area contributed by atoms with Crippen LogP contribution in [0.2, 0.25) is 0 Å². The highest BCUT2D eigenvalue weighted by molar-refractivity contribution is 5.69. The van der Waals surface area contributed by atoms with Crippen LogP contribution in [0, 0.1) is 0 Å². The zero-order valence-corrected chi connectivity index (χ0v) is 9.36. The molecule has 0 aromatic heterocycles. The Balaban J connectivity index is 2.44. The molecule has 0 radical (unpaired) electrons. The van der Waals surface area contributed by atoms with Crippen molar-refractivity contribution >= 4 is 6.09 Å². The van der Waals surface area contributed by atoms with Gasteiger partial charge in [0.05, 0.1) is 6.61 Å². The van der Waals surface area contributed by atoms with Crippen molar-refractivity contribution in [3.63, 3.8) is 0 Å². The molecule has 5 heteroatoms. The Morgan fingerprint density at radius 3 is 2.38 bits per heavy atom. The van der Waals surface area contributed by atoms with Gasteiger partial charge in [-0.2, -0.15) is 0 Å². The smallest absolute Gasteiger partial charge is 0.412 e. The fourth-order valence-electron chi connectivity index (χ4n) is 1.00. The number of ether oxygens (including phenoxy) is 3. The molecule has 0 spiro atoms. The minimum absolute atomic E-state index is 0.471. The van der Waals surface area contributed by atoms with E-state index in [1.807, 2.05) is 0 Å². The third-order valence-electron chi connectivity index (χ3n) is 1.79. The van der Waals surface area contributed by atoms with Gasteiger partial charge < -0.3 is 19.5 Å². The second kappa shape index (κ2) is 6.68. The van der Waals surface area contributed by atoms with E-state index in [0.717, 1.165) is 0 Å². The normalized spacial score (nSPS) is 9.62. The first-order chi connectivity index (χ1) is 7.76. The molecule has 1 aromatic carbocycles. The quantitative estimate of drug-likeness (QED) is 0.770. The van der Waals surface area contributed by atoms with Crippen molar-refractivity contribution in [3.05, 3.63) is 24.3 Å². The van der Waals surface area contributed by atoms with Crippen molar-refractivity contribution < 1.29 is 19.0 Å². The van der Waals surface area contributed by atoms with Crippen LogP contribution in [0.5, 0.6) is 11.5 Å². The molecule has 0 saturated heterocycles. The Morgan fingerprint density at radius 2 is 1.81 bits per heavy atom. The summed E-state index contributed by atoms with van der Waals surface area (Å²) >= 11 is 0. The molecule has 1 amide bonds. The average Bonchev–Trinajstić information content (AvgIpc) is 2.31. The molecule has 0 bridgehead atoms. The van der Waals surface area contributed by atoms with E-state index in [-0.39, 0.29) is 0 Å². The molecule has 0 atom stereocenters. The molecule has 0 unspecified atom stereocenters. The summed E-state index contributed by atoms with van der Waals surface area (Å²) in [4.78, 5) is 10.9. The molecule has 1 N–H and O–H groups in total. The SMILES string of the molecule is CNC(=O)Oc1ccc(OCCOC)cc1. The summed E-state index contributed by atoms with van der Waals surface area (Å²) in [5.41, 5.74) is 0. The Kier molecular flexibility index (Phi) is 5.15. The van der Waals surface area contributed by atoms with Crippen LogP contribution in [0.25, 0.3) is 0 Å². The largest absolute Gasteiger partial charge is 0.491 e. The van der Waals surface area contributed by atoms with E-state index in [4.69, 9.17) is 14.2 Å². The maximum absolute atomic E-state index is 10.9. The van der Waals surface area contributed by atoms with Crippen LogP contribution >= 0.6 is 0 Å². The van der Waals surface area contributed by atoms with Crippen molar-refractivity contribution in [3.8, 4) is 11.5 Å². The second-order valence-electron chi connectivity index (χ2n) is 2.95. The van der Waals surface area contributed by atoms with Gasteiger partial charge in [0.25, 0.3) is 0 Å². The molecule has 0 heterocycles. The first-order valence-electron chi connectivity index (χ1n) is 4.87. The number of hydrogen-bond acceptors (Lipinski definition) is 4. The molecule has 0 aliphatic heterocycles. The van der Waals surface area contributed by atoms with Crippen LogP contribution < -0.4 is 14.8 Å². The minimum Gasteiger partial charge on any atom is -0.491 e. The van der Waals surface area contributed by atoms with Gasteiger partial charge in [-0.1, -0.05) is 0 Å². The molecule has 0 aliphatic rings. The van der Waals surface area contributed by atoms with Gasteiger partial charge >= 0.3 is 6.09 Å². The average molecular weight is 225 g/mol. The van der Waals surface area contributed by atoms with Gasteiger partial charge in [0, 0.05) is 14.2 Å². The molecule has 16 heavy (non-hydrogen) atoms. The van der Waals surface area contributed by atoms with Crippen LogP contribution in [0.3, 0.4) is 0 Å². The monoisotopic (exact) mass is 225 g/mol. The van der Waals surface area contributed by atoms with Crippen LogP contribution in [-0.2, 0) is 4.74 Å². The predicted octanol–water partition coefficient (Wildman–Crippen LogP) is 1.43. The summed E-state index contributed by atoms with van der Waals surface area (Å²) in [6.07, 6.45) is -0.493. The summed E-state index contributed by atoms with van der Waals surface area (Å²) in [6.45, 7) is 1.03. The van der Waals surface area contributed by atoms with E-state index in [1.54, 1.807) is 31.4 Å². The Hall–Kier alpha value is -1.75. The summed E-state index contributed by atoms with van der Waals surface area (Å²) in [5, 5.41) is 2.36. The first kappa shape index (κ1) is 12.3. The third kappa shape index (κ3) is 4.18. The van der Waals surface area contributed by atoms with E-state index in [9.17, 15) is 4.79 Å². The summed E-state index contributed by atoms with van der Waals surface area (Å²) in [7, 11) is 3.12. The van der Waals surface area contributed by atoms with Gasteiger partial charge in [0.1, 0.15) is 18.1 Å². The Morgan fingerprint density at radius 1 is 1.19 bits per heavy atom. The van der Waals surface area contributed by atoms with Gasteiger partial charge in [0.2, 0.25) is 0 Å². The van der Waals surface area contributed by atoms with Crippen molar-refractivity contribution in [2.24, 2.45) is 0 Å². The molecule has 5 nitrogen and oxygen atoms in total. The fourth-order valence-corrected chi connectivity index (χ4v) is 1.00. The molecular formula is C11H15NO4. The lowest BCUT2D eigenvalue weighted by Crippen LogP contribution is -2.21. The zero-order chi connectivity index (χ0) is 11.8. The summed E-state index contributed by atoms with van der Waals surface area (Å²) in [5.74, 6) is 1.18. The van der Waals surface area contributed by atoms with Crippen LogP contribution in [0.4, 0.5) is 4.79 Å². The van der Waals surface area contributed by atoms with Gasteiger partial charge in [-0.15, -0.1) is 0 Å². The summed E-state index contributed by atoms with van der Waals surface area (Å²) in [6, 6.07) is 6.79. The van der Waals surface area contributed by atoms with E-state index in [0.29, 0.717) is 24.7 Å². The Labute approximate surface area is 94.3 Å². The lowest BCUT2D eigenvalue weighted by atomic mass is 10.3. The third-order valence-corrected chi connectivity index (χ3v) is 1.79. The first-order valence-corrected chi connectivity index (χ1v) is 4.87. The maximum Gasteiger partial charge on any atom is 0.412 e. The van der Waals surface area contributed by atoms with E-state index in [1.165, 1.54) is 7.05 Å². The number of carbonyl (C=O) groups excluding carboxylic acids is 1. The van der Waals surface area contributed by atoms with Gasteiger partial charge in [-0.05, 0) is 24.3 Å². The molecule has 88 valence electrons. The molecular weight excluding hydrogens is 210 g/mol. The van der Waals surface area contributed by atoms with Gasteiger partial charge in [0.15, 0.2) is 0 Å². The second-order valence-corrected chi connectivity index (χ2v) is 2.95. The van der Waals surface area contributed by atoms with Crippen LogP contribution in [0.15, 0.2) is 24.3 Å². The highest BCUT2D eigenvalue weighted by Crippen LogP contribution is 2.17. The number of carbonyl (C=O) groups is 1. The summed E-state index contributed by atoms with van der Waals surface area (Å²) < 4.78 is 15.1.